The Bertz CT molecular complexity index is 401. The van der Waals surface area contributed by atoms with Crippen LogP contribution in [0.2, 0.25) is 0 Å². The van der Waals surface area contributed by atoms with Crippen molar-refractivity contribution in [1.82, 2.24) is 15.5 Å². The molecule has 1 aliphatic heterocycles. The van der Waals surface area contributed by atoms with Gasteiger partial charge in [-0.3, -0.25) is 4.79 Å². The number of rotatable bonds is 4. The summed E-state index contributed by atoms with van der Waals surface area (Å²) >= 11 is 3.20. The van der Waals surface area contributed by atoms with Gasteiger partial charge in [0.05, 0.1) is 0 Å². The molecule has 2 N–H and O–H groups in total. The van der Waals surface area contributed by atoms with Crippen LogP contribution in [0.1, 0.15) is 29.6 Å². The number of carbonyl (C=O) groups excluding carboxylic acids is 1. The van der Waals surface area contributed by atoms with Crippen molar-refractivity contribution in [2.24, 2.45) is 0 Å². The number of thioether (sulfide) groups is 1. The van der Waals surface area contributed by atoms with E-state index in [9.17, 15) is 4.79 Å². The molecule has 1 amide bonds. The molecule has 2 rings (SSSR count). The Morgan fingerprint density at radius 2 is 2.35 bits per heavy atom. The van der Waals surface area contributed by atoms with Crippen LogP contribution in [0.3, 0.4) is 0 Å². The summed E-state index contributed by atoms with van der Waals surface area (Å²) in [7, 11) is 1.76. The van der Waals surface area contributed by atoms with Crippen LogP contribution in [-0.2, 0) is 0 Å². The third-order valence-corrected chi connectivity index (χ3v) is 5.23. The Labute approximate surface area is 109 Å². The lowest BCUT2D eigenvalue weighted by Gasteiger charge is -2.22. The highest BCUT2D eigenvalue weighted by Crippen LogP contribution is 2.37. The first-order valence-electron chi connectivity index (χ1n) is 5.56. The van der Waals surface area contributed by atoms with Gasteiger partial charge in [0.2, 0.25) is 10.1 Å². The van der Waals surface area contributed by atoms with Gasteiger partial charge >= 0.3 is 0 Å². The predicted octanol–water partition coefficient (Wildman–Crippen LogP) is 1.60. The fraction of sp³-hybridized carbons (Fsp3) is 0.700. The van der Waals surface area contributed by atoms with Crippen LogP contribution in [0.5, 0.6) is 0 Å². The van der Waals surface area contributed by atoms with Gasteiger partial charge < -0.3 is 10.6 Å². The largest absolute Gasteiger partial charge is 0.363 e. The molecular weight excluding hydrogens is 256 g/mol. The molecule has 1 unspecified atom stereocenters. The van der Waals surface area contributed by atoms with Gasteiger partial charge in [0.25, 0.3) is 5.91 Å². The smallest absolute Gasteiger partial charge is 0.282 e. The number of anilines is 1. The molecule has 0 aliphatic carbocycles. The van der Waals surface area contributed by atoms with Gasteiger partial charge in [-0.05, 0) is 25.5 Å². The van der Waals surface area contributed by atoms with E-state index in [0.717, 1.165) is 6.42 Å². The van der Waals surface area contributed by atoms with Crippen molar-refractivity contribution in [2.45, 2.75) is 24.5 Å². The number of nitrogens with zero attached hydrogens (tertiary/aromatic N) is 2. The molecule has 1 aromatic rings. The molecule has 5 nitrogen and oxygen atoms in total. The zero-order chi connectivity index (χ0) is 12.3. The molecule has 0 spiro atoms. The summed E-state index contributed by atoms with van der Waals surface area (Å²) in [6.45, 7) is 2.90. The van der Waals surface area contributed by atoms with E-state index in [1.165, 1.54) is 23.5 Å². The molecule has 0 aromatic carbocycles. The maximum absolute atomic E-state index is 11.8. The summed E-state index contributed by atoms with van der Waals surface area (Å²) in [5.41, 5.74) is 0. The first-order valence-corrected chi connectivity index (χ1v) is 7.37. The summed E-state index contributed by atoms with van der Waals surface area (Å²) in [5, 5.41) is 14.6. The molecule has 0 radical (unpaired) electrons. The van der Waals surface area contributed by atoms with E-state index in [2.05, 4.69) is 27.8 Å². The zero-order valence-electron chi connectivity index (χ0n) is 9.95. The topological polar surface area (TPSA) is 66.9 Å². The summed E-state index contributed by atoms with van der Waals surface area (Å²) < 4.78 is 0.187. The van der Waals surface area contributed by atoms with E-state index in [0.29, 0.717) is 16.7 Å². The molecule has 0 bridgehead atoms. The summed E-state index contributed by atoms with van der Waals surface area (Å²) in [4.78, 5) is 11.8. The van der Waals surface area contributed by atoms with Crippen LogP contribution >= 0.6 is 23.1 Å². The Morgan fingerprint density at radius 3 is 2.94 bits per heavy atom. The van der Waals surface area contributed by atoms with E-state index in [4.69, 9.17) is 0 Å². The molecule has 17 heavy (non-hydrogen) atoms. The lowest BCUT2D eigenvalue weighted by atomic mass is 10.1. The minimum atomic E-state index is -0.127. The third kappa shape index (κ3) is 3.10. The SMILES string of the molecule is CNc1nnc(C(=O)NCC2(C)CCCS2)s1. The van der Waals surface area contributed by atoms with Gasteiger partial charge in [0.1, 0.15) is 0 Å². The Morgan fingerprint density at radius 1 is 1.53 bits per heavy atom. The van der Waals surface area contributed by atoms with Crippen LogP contribution in [0.25, 0.3) is 0 Å². The lowest BCUT2D eigenvalue weighted by molar-refractivity contribution is 0.0949. The molecule has 1 aliphatic rings. The maximum atomic E-state index is 11.8. The molecule has 1 aromatic heterocycles. The number of hydrogen-bond donors (Lipinski definition) is 2. The quantitative estimate of drug-likeness (QED) is 0.871. The summed E-state index contributed by atoms with van der Waals surface area (Å²) in [6.07, 6.45) is 2.40. The average Bonchev–Trinajstić information content (AvgIpc) is 2.95. The lowest BCUT2D eigenvalue weighted by Crippen LogP contribution is -2.36. The molecule has 1 atom stereocenters. The monoisotopic (exact) mass is 272 g/mol. The van der Waals surface area contributed by atoms with Gasteiger partial charge in [-0.15, -0.1) is 10.2 Å². The highest BCUT2D eigenvalue weighted by molar-refractivity contribution is 8.00. The second-order valence-electron chi connectivity index (χ2n) is 4.25. The van der Waals surface area contributed by atoms with Crippen molar-refractivity contribution < 1.29 is 4.79 Å². The van der Waals surface area contributed by atoms with Crippen molar-refractivity contribution in [2.75, 3.05) is 24.7 Å². The average molecular weight is 272 g/mol. The molecule has 2 heterocycles. The molecule has 94 valence electrons. The van der Waals surface area contributed by atoms with Gasteiger partial charge in [-0.2, -0.15) is 11.8 Å². The van der Waals surface area contributed by atoms with Gasteiger partial charge in [-0.1, -0.05) is 11.3 Å². The second kappa shape index (κ2) is 5.22. The van der Waals surface area contributed by atoms with Crippen molar-refractivity contribution in [1.29, 1.82) is 0 Å². The number of amides is 1. The predicted molar refractivity (Wildman–Crippen MR) is 71.9 cm³/mol. The van der Waals surface area contributed by atoms with Crippen LogP contribution in [0, 0.1) is 0 Å². The maximum Gasteiger partial charge on any atom is 0.282 e. The van der Waals surface area contributed by atoms with Crippen LogP contribution < -0.4 is 10.6 Å². The summed E-state index contributed by atoms with van der Waals surface area (Å²) in [6, 6.07) is 0. The van der Waals surface area contributed by atoms with E-state index in [1.54, 1.807) is 7.05 Å². The fourth-order valence-electron chi connectivity index (χ4n) is 1.74. The van der Waals surface area contributed by atoms with Crippen molar-refractivity contribution >= 4 is 34.1 Å². The molecular formula is C10H16N4OS2. The minimum absolute atomic E-state index is 0.127. The van der Waals surface area contributed by atoms with E-state index >= 15 is 0 Å². The molecule has 7 heteroatoms. The molecule has 1 fully saturated rings. The van der Waals surface area contributed by atoms with Crippen molar-refractivity contribution in [3.05, 3.63) is 5.01 Å². The van der Waals surface area contributed by atoms with Crippen molar-refractivity contribution in [3.8, 4) is 0 Å². The van der Waals surface area contributed by atoms with E-state index in [1.807, 2.05) is 11.8 Å². The standard InChI is InChI=1S/C10H16N4OS2/c1-10(4-3-5-16-10)6-12-7(15)8-13-14-9(11-2)17-8/h3-6H2,1-2H3,(H,11,14)(H,12,15). The van der Waals surface area contributed by atoms with Crippen molar-refractivity contribution in [3.63, 3.8) is 0 Å². The van der Waals surface area contributed by atoms with Gasteiger partial charge in [0.15, 0.2) is 0 Å². The third-order valence-electron chi connectivity index (χ3n) is 2.76. The number of hydrogen-bond acceptors (Lipinski definition) is 6. The fourth-order valence-corrected chi connectivity index (χ4v) is 3.59. The summed E-state index contributed by atoms with van der Waals surface area (Å²) in [5.74, 6) is 1.06. The van der Waals surface area contributed by atoms with Crippen LogP contribution in [0.4, 0.5) is 5.13 Å². The Hall–Kier alpha value is -0.820. The Kier molecular flexibility index (Phi) is 3.88. The van der Waals surface area contributed by atoms with Gasteiger partial charge in [-0.25, -0.2) is 0 Å². The zero-order valence-corrected chi connectivity index (χ0v) is 11.6. The molecule has 0 saturated carbocycles. The number of carbonyl (C=O) groups is 1. The first kappa shape index (κ1) is 12.6. The van der Waals surface area contributed by atoms with Crippen LogP contribution in [-0.4, -0.2) is 40.2 Å². The van der Waals surface area contributed by atoms with E-state index < -0.39 is 0 Å². The van der Waals surface area contributed by atoms with E-state index in [-0.39, 0.29) is 10.7 Å². The minimum Gasteiger partial charge on any atom is -0.363 e. The normalized spacial score (nSPS) is 23.6. The highest BCUT2D eigenvalue weighted by Gasteiger charge is 2.30. The first-order chi connectivity index (χ1) is 8.13. The number of aromatic nitrogens is 2. The number of nitrogens with one attached hydrogen (secondary N) is 2. The second-order valence-corrected chi connectivity index (χ2v) is 6.91. The highest BCUT2D eigenvalue weighted by atomic mass is 32.2. The van der Waals surface area contributed by atoms with Crippen LogP contribution in [0.15, 0.2) is 0 Å². The Balaban J connectivity index is 1.88. The molecule has 1 saturated heterocycles. The van der Waals surface area contributed by atoms with Gasteiger partial charge in [0, 0.05) is 18.3 Å².